The van der Waals surface area contributed by atoms with E-state index in [1.165, 1.54) is 64.9 Å². The molecule has 3 aromatic rings. The van der Waals surface area contributed by atoms with Gasteiger partial charge in [-0.3, -0.25) is 14.9 Å². The smallest absolute Gasteiger partial charge is 0.0607 e. The molecular formula is C28H32N4. The fraction of sp³-hybridized carbons (Fsp3) is 0.429. The van der Waals surface area contributed by atoms with Crippen LogP contribution in [0, 0.1) is 5.92 Å². The SMILES string of the molecule is c1ccc2c(c1)Cc1c-2ccnc1CN(CC1CCCNC1)[C@H]1CCCc2cccnc21. The van der Waals surface area contributed by atoms with Gasteiger partial charge in [0.05, 0.1) is 17.4 Å². The third kappa shape index (κ3) is 3.76. The molecule has 0 saturated carbocycles. The number of nitrogens with zero attached hydrogens (tertiary/aromatic N) is 3. The number of benzene rings is 1. The van der Waals surface area contributed by atoms with Gasteiger partial charge < -0.3 is 5.32 Å². The average Bonchev–Trinajstić information content (AvgIpc) is 3.24. The zero-order valence-corrected chi connectivity index (χ0v) is 18.8. The predicted molar refractivity (Wildman–Crippen MR) is 128 cm³/mol. The van der Waals surface area contributed by atoms with E-state index < -0.39 is 0 Å². The van der Waals surface area contributed by atoms with E-state index in [1.807, 2.05) is 12.4 Å². The number of rotatable bonds is 5. The Labute approximate surface area is 191 Å². The minimum atomic E-state index is 0.392. The second kappa shape index (κ2) is 8.76. The third-order valence-corrected chi connectivity index (χ3v) is 7.67. The molecule has 2 aromatic heterocycles. The van der Waals surface area contributed by atoms with Crippen LogP contribution < -0.4 is 5.32 Å². The standard InChI is InChI=1S/C28H32N4/c1-2-10-23-22(7-1)16-25-24(23)12-15-30-26(25)19-32(18-20-6-4-13-29-17-20)27-11-3-8-21-9-5-14-31-28(21)27/h1-2,5,7,9-10,12,14-15,20,27,29H,3-4,6,8,11,13,16-19H2/t20?,27-/m0/s1. The molecule has 1 fully saturated rings. The Morgan fingerprint density at radius 2 is 1.84 bits per heavy atom. The second-order valence-electron chi connectivity index (χ2n) is 9.72. The number of hydrogen-bond donors (Lipinski definition) is 1. The largest absolute Gasteiger partial charge is 0.316 e. The van der Waals surface area contributed by atoms with E-state index in [0.717, 1.165) is 39.0 Å². The van der Waals surface area contributed by atoms with E-state index in [2.05, 4.69) is 52.7 Å². The number of nitrogens with one attached hydrogen (secondary N) is 1. The molecule has 1 unspecified atom stereocenters. The number of pyridine rings is 2. The highest BCUT2D eigenvalue weighted by Crippen LogP contribution is 2.39. The third-order valence-electron chi connectivity index (χ3n) is 7.67. The fourth-order valence-corrected chi connectivity index (χ4v) is 6.10. The molecule has 0 amide bonds. The number of aryl methyl sites for hydroxylation is 1. The normalized spacial score (nSPS) is 21.8. The Bertz CT molecular complexity index is 1100. The molecule has 3 heterocycles. The maximum atomic E-state index is 4.94. The molecule has 6 rings (SSSR count). The van der Waals surface area contributed by atoms with Crippen LogP contribution in [0.2, 0.25) is 0 Å². The number of fused-ring (bicyclic) bond motifs is 4. The molecule has 2 atom stereocenters. The molecule has 0 radical (unpaired) electrons. The van der Waals surface area contributed by atoms with Crippen molar-refractivity contribution in [3.8, 4) is 11.1 Å². The minimum absolute atomic E-state index is 0.392. The van der Waals surface area contributed by atoms with Gasteiger partial charge in [-0.05, 0) is 91.1 Å². The van der Waals surface area contributed by atoms with Crippen molar-refractivity contribution in [2.45, 2.75) is 51.1 Å². The first-order chi connectivity index (χ1) is 15.9. The van der Waals surface area contributed by atoms with Crippen LogP contribution >= 0.6 is 0 Å². The topological polar surface area (TPSA) is 41.1 Å². The second-order valence-corrected chi connectivity index (χ2v) is 9.72. The minimum Gasteiger partial charge on any atom is -0.316 e. The van der Waals surface area contributed by atoms with Crippen LogP contribution in [0.15, 0.2) is 54.9 Å². The lowest BCUT2D eigenvalue weighted by Gasteiger charge is -2.38. The molecule has 0 spiro atoms. The van der Waals surface area contributed by atoms with Crippen molar-refractivity contribution >= 4 is 0 Å². The lowest BCUT2D eigenvalue weighted by Crippen LogP contribution is -2.41. The van der Waals surface area contributed by atoms with Gasteiger partial charge in [-0.25, -0.2) is 0 Å². The first-order valence-electron chi connectivity index (χ1n) is 12.3. The summed E-state index contributed by atoms with van der Waals surface area (Å²) < 4.78 is 0. The maximum absolute atomic E-state index is 4.94. The van der Waals surface area contributed by atoms with E-state index in [0.29, 0.717) is 12.0 Å². The first-order valence-corrected chi connectivity index (χ1v) is 12.3. The zero-order valence-electron chi connectivity index (χ0n) is 18.8. The average molecular weight is 425 g/mol. The monoisotopic (exact) mass is 424 g/mol. The molecule has 4 heteroatoms. The number of aromatic nitrogens is 2. The van der Waals surface area contributed by atoms with Crippen LogP contribution in [0.1, 0.15) is 59.8 Å². The molecule has 1 N–H and O–H groups in total. The molecule has 1 saturated heterocycles. The summed E-state index contributed by atoms with van der Waals surface area (Å²) >= 11 is 0. The van der Waals surface area contributed by atoms with E-state index in [1.54, 1.807) is 0 Å². The molecule has 164 valence electrons. The van der Waals surface area contributed by atoms with E-state index in [9.17, 15) is 0 Å². The van der Waals surface area contributed by atoms with Gasteiger partial charge in [0, 0.05) is 31.9 Å². The summed E-state index contributed by atoms with van der Waals surface area (Å²) in [5, 5.41) is 3.62. The molecule has 3 aliphatic rings. The Morgan fingerprint density at radius 3 is 2.78 bits per heavy atom. The van der Waals surface area contributed by atoms with Crippen molar-refractivity contribution in [3.05, 3.63) is 82.9 Å². The van der Waals surface area contributed by atoms with Gasteiger partial charge in [0.15, 0.2) is 0 Å². The molecule has 0 bridgehead atoms. The highest BCUT2D eigenvalue weighted by atomic mass is 15.2. The van der Waals surface area contributed by atoms with Crippen molar-refractivity contribution < 1.29 is 0 Å². The van der Waals surface area contributed by atoms with Gasteiger partial charge in [0.2, 0.25) is 0 Å². The molecule has 32 heavy (non-hydrogen) atoms. The summed E-state index contributed by atoms with van der Waals surface area (Å²) in [5.74, 6) is 0.701. The zero-order chi connectivity index (χ0) is 21.3. The molecule has 1 aromatic carbocycles. The molecular weight excluding hydrogens is 392 g/mol. The van der Waals surface area contributed by atoms with Crippen LogP contribution in [0.25, 0.3) is 11.1 Å². The Balaban J connectivity index is 1.34. The first kappa shape index (κ1) is 20.1. The predicted octanol–water partition coefficient (Wildman–Crippen LogP) is 4.93. The van der Waals surface area contributed by atoms with Gasteiger partial charge in [-0.1, -0.05) is 30.3 Å². The molecule has 1 aliphatic heterocycles. The van der Waals surface area contributed by atoms with Crippen molar-refractivity contribution in [1.29, 1.82) is 0 Å². The summed E-state index contributed by atoms with van der Waals surface area (Å²) in [6, 6.07) is 15.8. The summed E-state index contributed by atoms with van der Waals surface area (Å²) in [6.45, 7) is 4.32. The Morgan fingerprint density at radius 1 is 0.906 bits per heavy atom. The van der Waals surface area contributed by atoms with Crippen molar-refractivity contribution in [1.82, 2.24) is 20.2 Å². The van der Waals surface area contributed by atoms with Crippen molar-refractivity contribution in [3.63, 3.8) is 0 Å². The van der Waals surface area contributed by atoms with Crippen molar-refractivity contribution in [2.75, 3.05) is 19.6 Å². The van der Waals surface area contributed by atoms with Crippen LogP contribution in [0.4, 0.5) is 0 Å². The fourth-order valence-electron chi connectivity index (χ4n) is 6.10. The van der Waals surface area contributed by atoms with Crippen LogP contribution in [0.5, 0.6) is 0 Å². The van der Waals surface area contributed by atoms with Crippen LogP contribution in [-0.2, 0) is 19.4 Å². The quantitative estimate of drug-likeness (QED) is 0.493. The Hall–Kier alpha value is -2.56. The molecule has 2 aliphatic carbocycles. The van der Waals surface area contributed by atoms with Crippen LogP contribution in [0.3, 0.4) is 0 Å². The summed E-state index contributed by atoms with van der Waals surface area (Å²) in [5.41, 5.74) is 9.63. The lowest BCUT2D eigenvalue weighted by molar-refractivity contribution is 0.127. The van der Waals surface area contributed by atoms with Gasteiger partial charge >= 0.3 is 0 Å². The van der Waals surface area contributed by atoms with E-state index in [-0.39, 0.29) is 0 Å². The number of hydrogen-bond acceptors (Lipinski definition) is 4. The van der Waals surface area contributed by atoms with Crippen LogP contribution in [-0.4, -0.2) is 34.5 Å². The van der Waals surface area contributed by atoms with Gasteiger partial charge in [-0.2, -0.15) is 0 Å². The number of piperidine rings is 1. The molecule has 4 nitrogen and oxygen atoms in total. The van der Waals surface area contributed by atoms with E-state index >= 15 is 0 Å². The van der Waals surface area contributed by atoms with Gasteiger partial charge in [-0.15, -0.1) is 0 Å². The van der Waals surface area contributed by atoms with Gasteiger partial charge in [0.1, 0.15) is 0 Å². The summed E-state index contributed by atoms with van der Waals surface area (Å²) in [6.07, 6.45) is 11.2. The summed E-state index contributed by atoms with van der Waals surface area (Å²) in [4.78, 5) is 12.5. The Kier molecular flexibility index (Phi) is 5.50. The summed E-state index contributed by atoms with van der Waals surface area (Å²) in [7, 11) is 0. The van der Waals surface area contributed by atoms with Crippen molar-refractivity contribution in [2.24, 2.45) is 5.92 Å². The highest BCUT2D eigenvalue weighted by Gasteiger charge is 2.31. The van der Waals surface area contributed by atoms with E-state index in [4.69, 9.17) is 9.97 Å². The maximum Gasteiger partial charge on any atom is 0.0607 e. The highest BCUT2D eigenvalue weighted by molar-refractivity contribution is 5.77. The lowest BCUT2D eigenvalue weighted by atomic mass is 9.89. The van der Waals surface area contributed by atoms with Gasteiger partial charge in [0.25, 0.3) is 0 Å².